The lowest BCUT2D eigenvalue weighted by molar-refractivity contribution is 0.298. The minimum absolute atomic E-state index is 0.196. The molecular formula is C25H21ClO3. The van der Waals surface area contributed by atoms with E-state index in [9.17, 15) is 4.79 Å². The predicted octanol–water partition coefficient (Wildman–Crippen LogP) is 6.62. The van der Waals surface area contributed by atoms with Gasteiger partial charge in [-0.1, -0.05) is 71.3 Å². The van der Waals surface area contributed by atoms with Gasteiger partial charge in [0, 0.05) is 10.6 Å². The molecule has 0 bridgehead atoms. The van der Waals surface area contributed by atoms with Crippen molar-refractivity contribution in [1.29, 1.82) is 0 Å². The summed E-state index contributed by atoms with van der Waals surface area (Å²) in [7, 11) is 0. The van der Waals surface area contributed by atoms with Crippen molar-refractivity contribution in [3.8, 4) is 17.1 Å². The second-order valence-electron chi connectivity index (χ2n) is 7.33. The van der Waals surface area contributed by atoms with Gasteiger partial charge in [-0.25, -0.2) is 0 Å². The molecule has 1 heterocycles. The molecule has 0 aliphatic carbocycles. The predicted molar refractivity (Wildman–Crippen MR) is 118 cm³/mol. The van der Waals surface area contributed by atoms with Gasteiger partial charge in [-0.05, 0) is 44.0 Å². The van der Waals surface area contributed by atoms with Crippen LogP contribution < -0.4 is 10.2 Å². The van der Waals surface area contributed by atoms with E-state index < -0.39 is 0 Å². The molecule has 0 N–H and O–H groups in total. The topological polar surface area (TPSA) is 39.4 Å². The van der Waals surface area contributed by atoms with E-state index in [0.717, 1.165) is 22.3 Å². The highest BCUT2D eigenvalue weighted by Crippen LogP contribution is 2.33. The van der Waals surface area contributed by atoms with Crippen molar-refractivity contribution >= 4 is 22.6 Å². The second-order valence-corrected chi connectivity index (χ2v) is 7.73. The van der Waals surface area contributed by atoms with Gasteiger partial charge in [-0.3, -0.25) is 4.79 Å². The quantitative estimate of drug-likeness (QED) is 0.383. The number of ether oxygens (including phenoxy) is 1. The van der Waals surface area contributed by atoms with Crippen molar-refractivity contribution < 1.29 is 9.15 Å². The molecule has 0 atom stereocenters. The van der Waals surface area contributed by atoms with Crippen LogP contribution in [0.2, 0.25) is 5.02 Å². The number of halogens is 1. The molecule has 29 heavy (non-hydrogen) atoms. The highest BCUT2D eigenvalue weighted by atomic mass is 35.5. The van der Waals surface area contributed by atoms with Crippen molar-refractivity contribution in [3.63, 3.8) is 0 Å². The second kappa shape index (κ2) is 7.76. The van der Waals surface area contributed by atoms with E-state index in [4.69, 9.17) is 20.8 Å². The lowest BCUT2D eigenvalue weighted by atomic mass is 10.1. The number of fused-ring (bicyclic) bond motifs is 1. The lowest BCUT2D eigenvalue weighted by Gasteiger charge is -2.13. The largest absolute Gasteiger partial charge is 0.481 e. The first-order valence-electron chi connectivity index (χ1n) is 9.45. The average molecular weight is 405 g/mol. The zero-order chi connectivity index (χ0) is 20.5. The Morgan fingerprint density at radius 3 is 2.17 bits per heavy atom. The molecule has 3 nitrogen and oxygen atoms in total. The minimum atomic E-state index is -0.226. The summed E-state index contributed by atoms with van der Waals surface area (Å²) in [6, 6.07) is 19.3. The molecule has 0 spiro atoms. The van der Waals surface area contributed by atoms with Gasteiger partial charge in [0.15, 0.2) is 5.76 Å². The van der Waals surface area contributed by atoms with E-state index in [1.54, 1.807) is 12.1 Å². The van der Waals surface area contributed by atoms with Crippen LogP contribution in [0.25, 0.3) is 22.3 Å². The Bertz CT molecular complexity index is 1240. The molecule has 0 saturated carbocycles. The molecular weight excluding hydrogens is 384 g/mol. The first-order valence-corrected chi connectivity index (χ1v) is 9.82. The standard InChI is InChI=1S/C25H21ClO3/c1-15-4-8-18(9-5-15)14-28-25-23(27)20-13-21(26)17(3)12-22(20)29-24(25)19-10-6-16(2)7-11-19/h4-13H,14H2,1-3H3. The monoisotopic (exact) mass is 404 g/mol. The molecule has 0 fully saturated rings. The Labute approximate surface area is 174 Å². The Balaban J connectivity index is 1.86. The number of hydrogen-bond donors (Lipinski definition) is 0. The van der Waals surface area contributed by atoms with Crippen LogP contribution in [-0.4, -0.2) is 0 Å². The van der Waals surface area contributed by atoms with Gasteiger partial charge in [0.05, 0.1) is 5.39 Å². The van der Waals surface area contributed by atoms with Gasteiger partial charge in [0.1, 0.15) is 12.2 Å². The van der Waals surface area contributed by atoms with Crippen LogP contribution in [0.1, 0.15) is 22.3 Å². The van der Waals surface area contributed by atoms with E-state index in [2.05, 4.69) is 0 Å². The fraction of sp³-hybridized carbons (Fsp3) is 0.160. The fourth-order valence-electron chi connectivity index (χ4n) is 3.16. The van der Waals surface area contributed by atoms with Crippen LogP contribution in [0.4, 0.5) is 0 Å². The Kier molecular flexibility index (Phi) is 5.16. The summed E-state index contributed by atoms with van der Waals surface area (Å²) in [5.41, 5.74) is 5.19. The third-order valence-corrected chi connectivity index (χ3v) is 5.35. The van der Waals surface area contributed by atoms with E-state index >= 15 is 0 Å². The number of aryl methyl sites for hydroxylation is 3. The van der Waals surface area contributed by atoms with E-state index in [1.807, 2.05) is 69.3 Å². The zero-order valence-corrected chi connectivity index (χ0v) is 17.3. The number of benzene rings is 3. The van der Waals surface area contributed by atoms with Crippen LogP contribution >= 0.6 is 11.6 Å². The minimum Gasteiger partial charge on any atom is -0.481 e. The van der Waals surface area contributed by atoms with Crippen LogP contribution in [0.5, 0.6) is 5.75 Å². The molecule has 4 aromatic rings. The van der Waals surface area contributed by atoms with Crippen molar-refractivity contribution in [3.05, 3.63) is 98.2 Å². The summed E-state index contributed by atoms with van der Waals surface area (Å²) < 4.78 is 12.2. The maximum absolute atomic E-state index is 13.3. The summed E-state index contributed by atoms with van der Waals surface area (Å²) in [6.07, 6.45) is 0. The van der Waals surface area contributed by atoms with E-state index in [-0.39, 0.29) is 17.8 Å². The Morgan fingerprint density at radius 1 is 0.897 bits per heavy atom. The molecule has 0 radical (unpaired) electrons. The number of rotatable bonds is 4. The summed E-state index contributed by atoms with van der Waals surface area (Å²) in [5, 5.41) is 0.938. The van der Waals surface area contributed by atoms with Gasteiger partial charge < -0.3 is 9.15 Å². The molecule has 3 aromatic carbocycles. The van der Waals surface area contributed by atoms with Crippen LogP contribution in [0.3, 0.4) is 0 Å². The fourth-order valence-corrected chi connectivity index (χ4v) is 3.33. The molecule has 0 saturated heterocycles. The Hall–Kier alpha value is -3.04. The van der Waals surface area contributed by atoms with Crippen LogP contribution in [0.15, 0.2) is 69.9 Å². The van der Waals surface area contributed by atoms with Crippen molar-refractivity contribution in [1.82, 2.24) is 0 Å². The van der Waals surface area contributed by atoms with Crippen LogP contribution in [-0.2, 0) is 6.61 Å². The average Bonchev–Trinajstić information content (AvgIpc) is 2.71. The first kappa shape index (κ1) is 19.3. The molecule has 0 aliphatic rings. The third kappa shape index (κ3) is 3.92. The normalized spacial score (nSPS) is 11.0. The molecule has 4 heteroatoms. The summed E-state index contributed by atoms with van der Waals surface area (Å²) in [5.74, 6) is 0.623. The van der Waals surface area contributed by atoms with Crippen LogP contribution in [0, 0.1) is 20.8 Å². The van der Waals surface area contributed by atoms with Gasteiger partial charge in [0.25, 0.3) is 0 Å². The lowest BCUT2D eigenvalue weighted by Crippen LogP contribution is -2.10. The Morgan fingerprint density at radius 2 is 1.52 bits per heavy atom. The highest BCUT2D eigenvalue weighted by molar-refractivity contribution is 6.32. The van der Waals surface area contributed by atoms with E-state index in [1.165, 1.54) is 5.56 Å². The van der Waals surface area contributed by atoms with Crippen molar-refractivity contribution in [2.75, 3.05) is 0 Å². The molecule has 1 aromatic heterocycles. The zero-order valence-electron chi connectivity index (χ0n) is 16.6. The summed E-state index contributed by atoms with van der Waals surface area (Å²) >= 11 is 6.25. The van der Waals surface area contributed by atoms with Gasteiger partial charge in [0.2, 0.25) is 11.2 Å². The van der Waals surface area contributed by atoms with E-state index in [0.29, 0.717) is 21.8 Å². The van der Waals surface area contributed by atoms with Gasteiger partial charge in [-0.15, -0.1) is 0 Å². The maximum Gasteiger partial charge on any atom is 0.235 e. The summed E-state index contributed by atoms with van der Waals surface area (Å²) in [4.78, 5) is 13.3. The third-order valence-electron chi connectivity index (χ3n) is 4.95. The molecule has 146 valence electrons. The van der Waals surface area contributed by atoms with Gasteiger partial charge >= 0.3 is 0 Å². The summed E-state index contributed by atoms with van der Waals surface area (Å²) in [6.45, 7) is 6.20. The highest BCUT2D eigenvalue weighted by Gasteiger charge is 2.19. The van der Waals surface area contributed by atoms with Crippen molar-refractivity contribution in [2.45, 2.75) is 27.4 Å². The molecule has 0 aliphatic heterocycles. The number of hydrogen-bond acceptors (Lipinski definition) is 3. The maximum atomic E-state index is 13.3. The SMILES string of the molecule is Cc1ccc(COc2c(-c3ccc(C)cc3)oc3cc(C)c(Cl)cc3c2=O)cc1. The molecule has 0 unspecified atom stereocenters. The molecule has 0 amide bonds. The first-order chi connectivity index (χ1) is 13.9. The van der Waals surface area contributed by atoms with Crippen molar-refractivity contribution in [2.24, 2.45) is 0 Å². The smallest absolute Gasteiger partial charge is 0.235 e. The molecule has 4 rings (SSSR count). The van der Waals surface area contributed by atoms with Gasteiger partial charge in [-0.2, -0.15) is 0 Å².